The Labute approximate surface area is 296 Å². The van der Waals surface area contributed by atoms with Gasteiger partial charge in [-0.3, -0.25) is 24.0 Å². The van der Waals surface area contributed by atoms with Gasteiger partial charge in [0.25, 0.3) is 11.7 Å². The number of rotatable bonds is 2. The fourth-order valence-electron chi connectivity index (χ4n) is 6.72. The summed E-state index contributed by atoms with van der Waals surface area (Å²) in [5.41, 5.74) is 3.62. The molecule has 14 nitrogen and oxygen atoms in total. The first kappa shape index (κ1) is 39.0. The third-order valence-corrected chi connectivity index (χ3v) is 9.99. The van der Waals surface area contributed by atoms with Gasteiger partial charge in [-0.2, -0.15) is 0 Å². The second kappa shape index (κ2) is 14.8. The third-order valence-electron chi connectivity index (χ3n) is 9.99. The van der Waals surface area contributed by atoms with Crippen molar-refractivity contribution in [2.24, 2.45) is 29.4 Å². The van der Waals surface area contributed by atoms with Gasteiger partial charge in [-0.25, -0.2) is 0 Å². The first-order valence-corrected chi connectivity index (χ1v) is 16.6. The van der Waals surface area contributed by atoms with Crippen LogP contribution in [0.25, 0.3) is 0 Å². The minimum Gasteiger partial charge on any atom is -0.507 e. The van der Waals surface area contributed by atoms with Gasteiger partial charge in [-0.1, -0.05) is 45.9 Å². The highest BCUT2D eigenvalue weighted by Gasteiger charge is 2.52. The normalized spacial score (nSPS) is 34.2. The topological polar surface area (TPSA) is 221 Å². The number of Topliss-reactive ketones (excluding diaryl/α,β-unsaturated/α-hetero) is 3. The average Bonchev–Trinajstić information content (AvgIpc) is 3.35. The van der Waals surface area contributed by atoms with Gasteiger partial charge < -0.3 is 45.3 Å². The van der Waals surface area contributed by atoms with E-state index in [0.717, 1.165) is 6.26 Å². The van der Waals surface area contributed by atoms with Crippen LogP contribution in [0.5, 0.6) is 11.5 Å². The van der Waals surface area contributed by atoms with E-state index in [9.17, 15) is 39.3 Å². The molecule has 0 radical (unpaired) electrons. The van der Waals surface area contributed by atoms with Crippen molar-refractivity contribution >= 4 is 29.2 Å². The molecule has 0 unspecified atom stereocenters. The van der Waals surface area contributed by atoms with Crippen molar-refractivity contribution in [1.82, 2.24) is 5.32 Å². The number of nitrogens with two attached hydrogens (primary N) is 1. The minimum atomic E-state index is -2.08. The van der Waals surface area contributed by atoms with Gasteiger partial charge in [0.05, 0.1) is 41.3 Å². The van der Waals surface area contributed by atoms with E-state index in [1.54, 1.807) is 33.8 Å². The van der Waals surface area contributed by atoms with Crippen molar-refractivity contribution < 1.29 is 58.2 Å². The molecule has 14 heteroatoms. The van der Waals surface area contributed by atoms with Gasteiger partial charge in [-0.05, 0) is 19.9 Å². The predicted molar refractivity (Wildman–Crippen MR) is 182 cm³/mol. The quantitative estimate of drug-likeness (QED) is 0.279. The molecule has 1 aliphatic carbocycles. The first-order chi connectivity index (χ1) is 23.8. The van der Waals surface area contributed by atoms with E-state index in [-0.39, 0.29) is 22.4 Å². The number of ketones is 3. The van der Waals surface area contributed by atoms with Crippen molar-refractivity contribution in [3.8, 4) is 11.5 Å². The molecular weight excluding hydrogens is 664 g/mol. The van der Waals surface area contributed by atoms with E-state index in [1.807, 2.05) is 0 Å². The van der Waals surface area contributed by atoms with E-state index < -0.39 is 111 Å². The Balaban J connectivity index is 1.86. The summed E-state index contributed by atoms with van der Waals surface area (Å²) in [6.07, 6.45) is 3.25. The van der Waals surface area contributed by atoms with Crippen molar-refractivity contribution in [2.45, 2.75) is 85.6 Å². The highest BCUT2D eigenvalue weighted by molar-refractivity contribution is 6.32. The number of hydrogen-bond acceptors (Lipinski definition) is 13. The molecule has 9 atom stereocenters. The zero-order valence-corrected chi connectivity index (χ0v) is 30.1. The van der Waals surface area contributed by atoms with Crippen LogP contribution >= 0.6 is 0 Å². The number of allylic oxidation sites excluding steroid dienone is 4. The molecule has 3 aliphatic heterocycles. The standard InChI is InChI=1S/C37H46N2O12/c1-15-11-10-12-16(2)36(47)39-27-26(38)31(44)23-24(32(27)45)30(43)20(6)34-25(23)35(46)37(8,51-34)49-14-13-22(48-9)17(3)33(50-21(7)40)19(5)29(42)18(4)28(15)41/h10-15,17-19,22,28-29,33,41-43H,38H2,1-9H3,(H,39,47)/b11-10+,14-13+,16-12-/t15-,17+,18+,19+,22-,28-,29+,33+,37-/m0/s1. The molecule has 276 valence electrons. The molecule has 6 N–H and O–H groups in total. The molecule has 0 saturated heterocycles. The highest BCUT2D eigenvalue weighted by atomic mass is 16.7. The lowest BCUT2D eigenvalue weighted by Crippen LogP contribution is -2.46. The summed E-state index contributed by atoms with van der Waals surface area (Å²) in [5.74, 6) is -9.62. The van der Waals surface area contributed by atoms with E-state index in [0.29, 0.717) is 0 Å². The molecule has 0 saturated carbocycles. The Kier molecular flexibility index (Phi) is 11.3. The number of ether oxygens (including phenoxy) is 4. The monoisotopic (exact) mass is 710 g/mol. The van der Waals surface area contributed by atoms with Crippen molar-refractivity contribution in [3.05, 3.63) is 69.8 Å². The zero-order valence-electron chi connectivity index (χ0n) is 30.1. The van der Waals surface area contributed by atoms with Gasteiger partial charge in [0, 0.05) is 55.8 Å². The molecule has 5 rings (SSSR count). The number of amides is 1. The molecule has 5 bridgehead atoms. The number of aromatic hydroxyl groups is 1. The van der Waals surface area contributed by atoms with E-state index in [4.69, 9.17) is 24.7 Å². The van der Waals surface area contributed by atoms with Crippen LogP contribution in [0.15, 0.2) is 47.5 Å². The average molecular weight is 711 g/mol. The highest BCUT2D eigenvalue weighted by Crippen LogP contribution is 2.48. The van der Waals surface area contributed by atoms with Crippen LogP contribution in [-0.4, -0.2) is 81.9 Å². The number of methoxy groups -OCH3 is 1. The Bertz CT molecular complexity index is 1770. The first-order valence-electron chi connectivity index (χ1n) is 16.6. The van der Waals surface area contributed by atoms with Gasteiger partial charge >= 0.3 is 11.8 Å². The molecular formula is C37H46N2O12. The van der Waals surface area contributed by atoms with E-state index in [2.05, 4.69) is 5.32 Å². The molecule has 51 heavy (non-hydrogen) atoms. The predicted octanol–water partition coefficient (Wildman–Crippen LogP) is 2.92. The summed E-state index contributed by atoms with van der Waals surface area (Å²) < 4.78 is 23.1. The lowest BCUT2D eigenvalue weighted by Gasteiger charge is -2.38. The number of hydrogen-bond donors (Lipinski definition) is 5. The molecule has 1 aromatic carbocycles. The number of carbonyl (C=O) groups excluding carboxylic acids is 5. The van der Waals surface area contributed by atoms with Crippen molar-refractivity contribution in [1.29, 1.82) is 0 Å². The second-order valence-electron chi connectivity index (χ2n) is 13.6. The Morgan fingerprint density at radius 1 is 0.941 bits per heavy atom. The molecule has 4 aliphatic rings. The van der Waals surface area contributed by atoms with Gasteiger partial charge in [-0.15, -0.1) is 0 Å². The molecule has 0 spiro atoms. The summed E-state index contributed by atoms with van der Waals surface area (Å²) in [4.78, 5) is 66.8. The number of fused-ring (bicyclic) bond motifs is 14. The lowest BCUT2D eigenvalue weighted by atomic mass is 9.78. The Morgan fingerprint density at radius 2 is 1.59 bits per heavy atom. The molecule has 0 aromatic heterocycles. The molecule has 3 heterocycles. The third kappa shape index (κ3) is 7.08. The van der Waals surface area contributed by atoms with Crippen LogP contribution in [0, 0.1) is 30.6 Å². The van der Waals surface area contributed by atoms with Crippen molar-refractivity contribution in [2.75, 3.05) is 7.11 Å². The van der Waals surface area contributed by atoms with Crippen LogP contribution in [0.1, 0.15) is 85.1 Å². The summed E-state index contributed by atoms with van der Waals surface area (Å²) in [7, 11) is 1.41. The van der Waals surface area contributed by atoms with Gasteiger partial charge in [0.15, 0.2) is 0 Å². The van der Waals surface area contributed by atoms with E-state index in [1.165, 1.54) is 53.0 Å². The number of nitrogens with one attached hydrogen (secondary N) is 1. The van der Waals surface area contributed by atoms with Crippen LogP contribution in [0.4, 0.5) is 0 Å². The smallest absolute Gasteiger partial charge is 0.312 e. The SMILES string of the molecule is CO[C@H]1/C=C/O[C@@]2(C)Oc3c(C)c(O)c4c(c3C2=O)C(=O)C(N)=C(NC(=O)/C(C)=C\C=C\[C@H](C)[C@H](O)[C@@H](C)[C@@H](O)[C@@H](C)[C@H](OC(C)=O)[C@@H]1C)C4=O. The van der Waals surface area contributed by atoms with Gasteiger partial charge in [0.2, 0.25) is 11.6 Å². The number of benzene rings is 1. The number of phenols is 1. The molecule has 0 fully saturated rings. The van der Waals surface area contributed by atoms with Crippen LogP contribution in [0.3, 0.4) is 0 Å². The second-order valence-corrected chi connectivity index (χ2v) is 13.6. The lowest BCUT2D eigenvalue weighted by molar-refractivity contribution is -0.160. The Hall–Kier alpha value is -4.79. The summed E-state index contributed by atoms with van der Waals surface area (Å²) >= 11 is 0. The van der Waals surface area contributed by atoms with Crippen LogP contribution in [0.2, 0.25) is 0 Å². The fourth-order valence-corrected chi connectivity index (χ4v) is 6.72. The van der Waals surface area contributed by atoms with Gasteiger partial charge in [0.1, 0.15) is 29.0 Å². The number of aliphatic hydroxyl groups is 2. The fraction of sp³-hybridized carbons (Fsp3) is 0.486. The summed E-state index contributed by atoms with van der Waals surface area (Å²) in [6, 6.07) is 0. The van der Waals surface area contributed by atoms with Crippen molar-refractivity contribution in [3.63, 3.8) is 0 Å². The Morgan fingerprint density at radius 3 is 2.20 bits per heavy atom. The largest absolute Gasteiger partial charge is 0.507 e. The number of aliphatic hydroxyl groups excluding tert-OH is 2. The summed E-state index contributed by atoms with van der Waals surface area (Å²) in [5, 5.41) is 36.1. The zero-order chi connectivity index (χ0) is 38.3. The van der Waals surface area contributed by atoms with E-state index >= 15 is 0 Å². The number of carbonyl (C=O) groups is 5. The number of esters is 1. The summed E-state index contributed by atoms with van der Waals surface area (Å²) in [6.45, 7) is 12.2. The molecule has 1 amide bonds. The number of phenolic OH excluding ortho intramolecular Hbond substituents is 1. The minimum absolute atomic E-state index is 0.0295. The van der Waals surface area contributed by atoms with Crippen LogP contribution in [-0.2, 0) is 23.8 Å². The maximum atomic E-state index is 13.9. The maximum absolute atomic E-state index is 13.9. The molecule has 1 aromatic rings. The maximum Gasteiger partial charge on any atom is 0.312 e. The van der Waals surface area contributed by atoms with Crippen LogP contribution < -0.4 is 15.8 Å².